The summed E-state index contributed by atoms with van der Waals surface area (Å²) >= 11 is 1.68. The summed E-state index contributed by atoms with van der Waals surface area (Å²) in [4.78, 5) is 33.0. The monoisotopic (exact) mass is 519 g/mol. The van der Waals surface area contributed by atoms with Gasteiger partial charge in [0.25, 0.3) is 0 Å². The lowest BCUT2D eigenvalue weighted by atomic mass is 9.53. The Hall–Kier alpha value is -2.34. The van der Waals surface area contributed by atoms with Gasteiger partial charge in [0.1, 0.15) is 6.54 Å². The molecule has 5 saturated carbocycles. The SMILES string of the molecule is O=C(CN(C(=O)NC12CC3CC(CC(C3)C1)C2)C1CCCCC1)N(Cc1ccccc1)Cc1cccs1. The minimum Gasteiger partial charge on any atom is -0.333 e. The van der Waals surface area contributed by atoms with Crippen LogP contribution in [0.4, 0.5) is 4.79 Å². The van der Waals surface area contributed by atoms with Gasteiger partial charge in [-0.3, -0.25) is 4.79 Å². The van der Waals surface area contributed by atoms with E-state index in [1.165, 1.54) is 30.6 Å². The standard InChI is InChI=1S/C31H41N3O2S/c35-29(33(21-28-12-7-13-37-28)20-23-8-3-1-4-9-23)22-34(27-10-5-2-6-11-27)30(36)32-31-17-24-14-25(18-31)16-26(15-24)19-31/h1,3-4,7-9,12-13,24-27H,2,5-6,10-11,14-22H2,(H,32,36). The number of rotatable bonds is 8. The van der Waals surface area contributed by atoms with Gasteiger partial charge in [-0.2, -0.15) is 0 Å². The van der Waals surface area contributed by atoms with Gasteiger partial charge in [0.15, 0.2) is 0 Å². The van der Waals surface area contributed by atoms with Crippen molar-refractivity contribution in [3.63, 3.8) is 0 Å². The first-order valence-corrected chi connectivity index (χ1v) is 15.4. The van der Waals surface area contributed by atoms with Crippen molar-refractivity contribution in [3.05, 3.63) is 58.3 Å². The molecule has 0 spiro atoms. The van der Waals surface area contributed by atoms with E-state index in [1.807, 2.05) is 34.1 Å². The van der Waals surface area contributed by atoms with Gasteiger partial charge in [-0.15, -0.1) is 11.3 Å². The van der Waals surface area contributed by atoms with Crippen LogP contribution in [0.5, 0.6) is 0 Å². The highest BCUT2D eigenvalue weighted by Crippen LogP contribution is 2.55. The van der Waals surface area contributed by atoms with E-state index in [1.54, 1.807) is 11.3 Å². The van der Waals surface area contributed by atoms with Gasteiger partial charge in [-0.25, -0.2) is 4.79 Å². The Morgan fingerprint density at radius 1 is 0.865 bits per heavy atom. The summed E-state index contributed by atoms with van der Waals surface area (Å²) in [7, 11) is 0. The van der Waals surface area contributed by atoms with E-state index in [4.69, 9.17) is 0 Å². The van der Waals surface area contributed by atoms with Crippen molar-refractivity contribution >= 4 is 23.3 Å². The van der Waals surface area contributed by atoms with Gasteiger partial charge in [0.05, 0.1) is 6.54 Å². The van der Waals surface area contributed by atoms with E-state index in [0.29, 0.717) is 13.1 Å². The lowest BCUT2D eigenvalue weighted by Gasteiger charge is -2.57. The fourth-order valence-electron chi connectivity index (χ4n) is 8.19. The maximum absolute atomic E-state index is 14.0. The fraction of sp³-hybridized carbons (Fsp3) is 0.613. The summed E-state index contributed by atoms with van der Waals surface area (Å²) < 4.78 is 0. The lowest BCUT2D eigenvalue weighted by molar-refractivity contribution is -0.133. The van der Waals surface area contributed by atoms with Crippen molar-refractivity contribution in [2.45, 2.75) is 95.3 Å². The van der Waals surface area contributed by atoms with Crippen molar-refractivity contribution in [1.82, 2.24) is 15.1 Å². The molecule has 0 unspecified atom stereocenters. The van der Waals surface area contributed by atoms with E-state index < -0.39 is 0 Å². The number of nitrogens with one attached hydrogen (secondary N) is 1. The zero-order chi connectivity index (χ0) is 25.2. The van der Waals surface area contributed by atoms with Crippen molar-refractivity contribution in [2.24, 2.45) is 17.8 Å². The molecule has 4 bridgehead atoms. The average molecular weight is 520 g/mol. The number of amides is 3. The van der Waals surface area contributed by atoms with Crippen LogP contribution in [-0.2, 0) is 17.9 Å². The lowest BCUT2D eigenvalue weighted by Crippen LogP contribution is -2.63. The minimum atomic E-state index is -0.0392. The van der Waals surface area contributed by atoms with Gasteiger partial charge in [-0.1, -0.05) is 55.7 Å². The number of hydrogen-bond acceptors (Lipinski definition) is 3. The highest BCUT2D eigenvalue weighted by atomic mass is 32.1. The summed E-state index contributed by atoms with van der Waals surface area (Å²) in [5.74, 6) is 2.39. The number of benzene rings is 1. The number of carbonyl (C=O) groups is 2. The smallest absolute Gasteiger partial charge is 0.318 e. The van der Waals surface area contributed by atoms with Crippen LogP contribution in [0.3, 0.4) is 0 Å². The highest BCUT2D eigenvalue weighted by Gasteiger charge is 2.52. The van der Waals surface area contributed by atoms with Crippen molar-refractivity contribution in [1.29, 1.82) is 0 Å². The van der Waals surface area contributed by atoms with Gasteiger partial charge < -0.3 is 15.1 Å². The van der Waals surface area contributed by atoms with Crippen molar-refractivity contribution in [3.8, 4) is 0 Å². The van der Waals surface area contributed by atoms with Crippen LogP contribution < -0.4 is 5.32 Å². The third-order valence-electron chi connectivity index (χ3n) is 9.49. The van der Waals surface area contributed by atoms with Gasteiger partial charge in [0.2, 0.25) is 5.91 Å². The topological polar surface area (TPSA) is 52.7 Å². The molecule has 3 amide bonds. The van der Waals surface area contributed by atoms with Crippen molar-refractivity contribution < 1.29 is 9.59 Å². The second-order valence-corrected chi connectivity index (χ2v) is 13.4. The van der Waals surface area contributed by atoms with Crippen LogP contribution >= 0.6 is 11.3 Å². The molecule has 2 aromatic rings. The van der Waals surface area contributed by atoms with Gasteiger partial charge in [-0.05, 0) is 86.1 Å². The Balaban J connectivity index is 1.20. The quantitative estimate of drug-likeness (QED) is 0.428. The highest BCUT2D eigenvalue weighted by molar-refractivity contribution is 7.09. The zero-order valence-electron chi connectivity index (χ0n) is 21.9. The molecule has 37 heavy (non-hydrogen) atoms. The Bertz CT molecular complexity index is 1030. The third kappa shape index (κ3) is 5.74. The summed E-state index contributed by atoms with van der Waals surface area (Å²) in [6.07, 6.45) is 13.0. The van der Waals surface area contributed by atoms with Crippen LogP contribution in [0.25, 0.3) is 0 Å². The molecular formula is C31H41N3O2S. The maximum Gasteiger partial charge on any atom is 0.318 e. The minimum absolute atomic E-state index is 0.0120. The molecule has 7 rings (SSSR count). The first-order valence-electron chi connectivity index (χ1n) is 14.5. The first-order chi connectivity index (χ1) is 18.1. The summed E-state index contributed by atoms with van der Waals surface area (Å²) in [5.41, 5.74) is 1.08. The summed E-state index contributed by atoms with van der Waals surface area (Å²) in [6, 6.07) is 14.5. The fourth-order valence-corrected chi connectivity index (χ4v) is 8.91. The molecule has 6 heteroatoms. The van der Waals surface area contributed by atoms with E-state index in [2.05, 4.69) is 28.9 Å². The van der Waals surface area contributed by atoms with E-state index in [9.17, 15) is 9.59 Å². The Morgan fingerprint density at radius 2 is 1.54 bits per heavy atom. The number of nitrogens with zero attached hydrogens (tertiary/aromatic N) is 2. The van der Waals surface area contributed by atoms with Crippen LogP contribution in [-0.4, -0.2) is 39.9 Å². The molecule has 5 aliphatic carbocycles. The van der Waals surface area contributed by atoms with Crippen LogP contribution in [0.2, 0.25) is 0 Å². The number of urea groups is 1. The van der Waals surface area contributed by atoms with Gasteiger partial charge in [0, 0.05) is 23.0 Å². The summed E-state index contributed by atoms with van der Waals surface area (Å²) in [5, 5.41) is 5.64. The molecule has 5 aliphatic rings. The van der Waals surface area contributed by atoms with Crippen molar-refractivity contribution in [2.75, 3.05) is 6.54 Å². The normalized spacial score (nSPS) is 28.7. The third-order valence-corrected chi connectivity index (χ3v) is 10.3. The van der Waals surface area contributed by atoms with E-state index >= 15 is 0 Å². The number of carbonyl (C=O) groups excluding carboxylic acids is 2. The van der Waals surface area contributed by atoms with E-state index in [-0.39, 0.29) is 30.1 Å². The molecule has 1 aromatic carbocycles. The van der Waals surface area contributed by atoms with Crippen LogP contribution in [0.15, 0.2) is 47.8 Å². The second-order valence-electron chi connectivity index (χ2n) is 12.4. The molecular weight excluding hydrogens is 478 g/mol. The molecule has 0 atom stereocenters. The van der Waals surface area contributed by atoms with Gasteiger partial charge >= 0.3 is 6.03 Å². The summed E-state index contributed by atoms with van der Waals surface area (Å²) in [6.45, 7) is 1.31. The molecule has 1 N–H and O–H groups in total. The average Bonchev–Trinajstić information content (AvgIpc) is 3.40. The molecule has 5 fully saturated rings. The Kier molecular flexibility index (Phi) is 7.29. The molecule has 5 nitrogen and oxygen atoms in total. The Morgan fingerprint density at radius 3 is 2.16 bits per heavy atom. The maximum atomic E-state index is 14.0. The first kappa shape index (κ1) is 25.0. The molecule has 1 aromatic heterocycles. The Labute approximate surface area is 225 Å². The zero-order valence-corrected chi connectivity index (χ0v) is 22.8. The largest absolute Gasteiger partial charge is 0.333 e. The molecule has 0 aliphatic heterocycles. The number of thiophene rings is 1. The number of hydrogen-bond donors (Lipinski definition) is 1. The molecule has 0 radical (unpaired) electrons. The molecule has 198 valence electrons. The molecule has 0 saturated heterocycles. The van der Waals surface area contributed by atoms with Crippen LogP contribution in [0.1, 0.15) is 81.1 Å². The second kappa shape index (κ2) is 10.8. The predicted octanol–water partition coefficient (Wildman–Crippen LogP) is 6.59. The van der Waals surface area contributed by atoms with E-state index in [0.717, 1.165) is 68.3 Å². The predicted molar refractivity (Wildman–Crippen MR) is 148 cm³/mol. The van der Waals surface area contributed by atoms with Crippen LogP contribution in [0, 0.1) is 17.8 Å². The molecule has 1 heterocycles.